The van der Waals surface area contributed by atoms with E-state index in [9.17, 15) is 27.9 Å². The number of primary sulfonamides is 1. The first-order valence-electron chi connectivity index (χ1n) is 15.6. The highest BCUT2D eigenvalue weighted by Crippen LogP contribution is 2.18. The zero-order valence-electron chi connectivity index (χ0n) is 26.7. The fourth-order valence-corrected chi connectivity index (χ4v) is 5.65. The molecule has 0 aliphatic rings. The molecule has 0 saturated carbocycles. The maximum Gasteiger partial charge on any atom is 0.265 e. The van der Waals surface area contributed by atoms with E-state index < -0.39 is 34.0 Å². The summed E-state index contributed by atoms with van der Waals surface area (Å²) in [6.45, 7) is 7.17. The van der Waals surface area contributed by atoms with Gasteiger partial charge in [-0.1, -0.05) is 69.3 Å². The average Bonchev–Trinajstić information content (AvgIpc) is 3.04. The molecule has 3 aromatic carbocycles. The van der Waals surface area contributed by atoms with Crippen LogP contribution in [0, 0.1) is 0 Å². The molecule has 0 aromatic heterocycles. The van der Waals surface area contributed by atoms with Gasteiger partial charge in [-0.15, -0.1) is 0 Å². The van der Waals surface area contributed by atoms with E-state index in [1.807, 2.05) is 57.2 Å². The number of carbonyl (C=O) groups excluding carboxylic acids is 3. The molecular weight excluding hydrogens is 606 g/mol. The van der Waals surface area contributed by atoms with Crippen LogP contribution in [-0.4, -0.2) is 79.5 Å². The van der Waals surface area contributed by atoms with E-state index in [-0.39, 0.29) is 34.9 Å². The highest BCUT2D eigenvalue weighted by molar-refractivity contribution is 7.89. The standard InChI is InChI=1S/C34H45N5O6S/c1-4-17-38(18-5-2)34(43)28-21-27(22-29(23-28)46(35,44)45)32(41)36-30(20-25-13-9-7-10-14-25)31(40)24-39(19-6-3)37-33(42)26-15-11-8-12-16-26/h7-16,21-23,30-31,40H,4-6,17-20,24H2,1-3H3,(H,36,41)(H,37,42)(H2,35,44,45). The Labute approximate surface area is 271 Å². The molecule has 3 amide bonds. The average molecular weight is 652 g/mol. The molecule has 46 heavy (non-hydrogen) atoms. The van der Waals surface area contributed by atoms with Gasteiger partial charge in [0, 0.05) is 42.9 Å². The second-order valence-corrected chi connectivity index (χ2v) is 12.7. The van der Waals surface area contributed by atoms with Crippen LogP contribution in [0.4, 0.5) is 0 Å². The van der Waals surface area contributed by atoms with Crippen LogP contribution >= 0.6 is 0 Å². The fraction of sp³-hybridized carbons (Fsp3) is 0.382. The fourth-order valence-electron chi connectivity index (χ4n) is 5.07. The van der Waals surface area contributed by atoms with Gasteiger partial charge in [-0.25, -0.2) is 18.6 Å². The second kappa shape index (κ2) is 17.6. The minimum Gasteiger partial charge on any atom is -0.390 e. The van der Waals surface area contributed by atoms with Gasteiger partial charge in [0.1, 0.15) is 0 Å². The predicted molar refractivity (Wildman–Crippen MR) is 177 cm³/mol. The van der Waals surface area contributed by atoms with Gasteiger partial charge in [0.2, 0.25) is 10.0 Å². The van der Waals surface area contributed by atoms with Gasteiger partial charge in [-0.3, -0.25) is 19.8 Å². The molecule has 0 aliphatic carbocycles. The van der Waals surface area contributed by atoms with Crippen molar-refractivity contribution in [3.8, 4) is 0 Å². The van der Waals surface area contributed by atoms with E-state index in [1.54, 1.807) is 34.2 Å². The molecule has 0 fully saturated rings. The number of carbonyl (C=O) groups is 3. The van der Waals surface area contributed by atoms with Gasteiger partial charge in [-0.2, -0.15) is 0 Å². The van der Waals surface area contributed by atoms with Gasteiger partial charge in [-0.05, 0) is 61.6 Å². The first-order chi connectivity index (χ1) is 22.0. The van der Waals surface area contributed by atoms with Crippen molar-refractivity contribution in [2.24, 2.45) is 5.14 Å². The van der Waals surface area contributed by atoms with Gasteiger partial charge < -0.3 is 15.3 Å². The lowest BCUT2D eigenvalue weighted by molar-refractivity contribution is 0.0451. The summed E-state index contributed by atoms with van der Waals surface area (Å²) < 4.78 is 24.8. The number of hydrazine groups is 1. The van der Waals surface area contributed by atoms with Crippen LogP contribution in [0.2, 0.25) is 0 Å². The number of hydrogen-bond acceptors (Lipinski definition) is 7. The molecule has 0 radical (unpaired) electrons. The van der Waals surface area contributed by atoms with E-state index in [0.717, 1.165) is 11.6 Å². The quantitative estimate of drug-likeness (QED) is 0.163. The van der Waals surface area contributed by atoms with Gasteiger partial charge in [0.05, 0.1) is 17.0 Å². The van der Waals surface area contributed by atoms with Gasteiger partial charge >= 0.3 is 0 Å². The molecule has 0 spiro atoms. The molecule has 248 valence electrons. The Morgan fingerprint density at radius 2 is 1.35 bits per heavy atom. The Hall–Kier alpha value is -4.10. The van der Waals surface area contributed by atoms with Crippen LogP contribution in [0.3, 0.4) is 0 Å². The topological polar surface area (TPSA) is 162 Å². The molecule has 3 rings (SSSR count). The first kappa shape index (κ1) is 36.4. The molecule has 0 aliphatic heterocycles. The third-order valence-electron chi connectivity index (χ3n) is 7.29. The summed E-state index contributed by atoms with van der Waals surface area (Å²) in [5.74, 6) is -1.43. The van der Waals surface area contributed by atoms with Crippen molar-refractivity contribution in [2.75, 3.05) is 26.2 Å². The summed E-state index contributed by atoms with van der Waals surface area (Å²) in [7, 11) is -4.26. The first-order valence-corrected chi connectivity index (χ1v) is 17.1. The normalized spacial score (nSPS) is 12.7. The minimum atomic E-state index is -4.26. The molecule has 2 unspecified atom stereocenters. The molecular formula is C34H45N5O6S. The molecule has 0 heterocycles. The lowest BCUT2D eigenvalue weighted by Gasteiger charge is -2.30. The number of nitrogens with one attached hydrogen (secondary N) is 2. The van der Waals surface area contributed by atoms with E-state index in [4.69, 9.17) is 5.14 Å². The second-order valence-electron chi connectivity index (χ2n) is 11.2. The summed E-state index contributed by atoms with van der Waals surface area (Å²) in [5, 5.41) is 21.4. The smallest absolute Gasteiger partial charge is 0.265 e. The lowest BCUT2D eigenvalue weighted by Crippen LogP contribution is -2.53. The van der Waals surface area contributed by atoms with Crippen molar-refractivity contribution in [1.82, 2.24) is 20.7 Å². The number of amides is 3. The summed E-state index contributed by atoms with van der Waals surface area (Å²) in [5.41, 5.74) is 4.08. The molecule has 0 bridgehead atoms. The maximum atomic E-state index is 13.7. The largest absolute Gasteiger partial charge is 0.390 e. The molecule has 5 N–H and O–H groups in total. The zero-order chi connectivity index (χ0) is 33.7. The van der Waals surface area contributed by atoms with E-state index >= 15 is 0 Å². The zero-order valence-corrected chi connectivity index (χ0v) is 27.5. The van der Waals surface area contributed by atoms with Crippen LogP contribution in [0.1, 0.15) is 76.7 Å². The van der Waals surface area contributed by atoms with Gasteiger partial charge in [0.15, 0.2) is 0 Å². The molecule has 3 aromatic rings. The van der Waals surface area contributed by atoms with Crippen molar-refractivity contribution in [1.29, 1.82) is 0 Å². The van der Waals surface area contributed by atoms with Crippen LogP contribution in [0.15, 0.2) is 83.8 Å². The van der Waals surface area contributed by atoms with Crippen molar-refractivity contribution >= 4 is 27.7 Å². The maximum absolute atomic E-state index is 13.7. The van der Waals surface area contributed by atoms with Crippen LogP contribution in [0.25, 0.3) is 0 Å². The highest BCUT2D eigenvalue weighted by Gasteiger charge is 2.27. The van der Waals surface area contributed by atoms with Gasteiger partial charge in [0.25, 0.3) is 17.7 Å². The Morgan fingerprint density at radius 1 is 0.783 bits per heavy atom. The summed E-state index contributed by atoms with van der Waals surface area (Å²) in [4.78, 5) is 41.2. The van der Waals surface area contributed by atoms with Crippen molar-refractivity contribution in [3.63, 3.8) is 0 Å². The van der Waals surface area contributed by atoms with Crippen molar-refractivity contribution < 1.29 is 27.9 Å². The molecule has 0 saturated heterocycles. The van der Waals surface area contributed by atoms with E-state index in [0.29, 0.717) is 44.5 Å². The summed E-state index contributed by atoms with van der Waals surface area (Å²) in [6, 6.07) is 20.8. The number of hydrogen-bond donors (Lipinski definition) is 4. The number of nitrogens with zero attached hydrogens (tertiary/aromatic N) is 2. The molecule has 11 nitrogen and oxygen atoms in total. The van der Waals surface area contributed by atoms with Crippen molar-refractivity contribution in [2.45, 2.75) is 63.5 Å². The Morgan fingerprint density at radius 3 is 1.91 bits per heavy atom. The number of rotatable bonds is 17. The number of aliphatic hydroxyl groups excluding tert-OH is 1. The monoisotopic (exact) mass is 651 g/mol. The Balaban J connectivity index is 1.92. The Bertz CT molecular complexity index is 1550. The van der Waals surface area contributed by atoms with Crippen LogP contribution in [-0.2, 0) is 16.4 Å². The summed E-state index contributed by atoms with van der Waals surface area (Å²) >= 11 is 0. The number of benzene rings is 3. The number of nitrogens with two attached hydrogens (primary N) is 1. The Kier molecular flexibility index (Phi) is 13.9. The van der Waals surface area contributed by atoms with Crippen LogP contribution < -0.4 is 15.9 Å². The summed E-state index contributed by atoms with van der Waals surface area (Å²) in [6.07, 6.45) is 1.17. The number of aliphatic hydroxyl groups is 1. The highest BCUT2D eigenvalue weighted by atomic mass is 32.2. The van der Waals surface area contributed by atoms with Crippen molar-refractivity contribution in [3.05, 3.63) is 101 Å². The SMILES string of the molecule is CCCN(CC(O)C(Cc1ccccc1)NC(=O)c1cc(C(=O)N(CCC)CCC)cc(S(N)(=O)=O)c1)NC(=O)c1ccccc1. The molecule has 2 atom stereocenters. The predicted octanol–water partition coefficient (Wildman–Crippen LogP) is 3.36. The van der Waals surface area contributed by atoms with E-state index in [1.165, 1.54) is 12.1 Å². The van der Waals surface area contributed by atoms with E-state index in [2.05, 4.69) is 10.7 Å². The molecule has 12 heteroatoms. The third-order valence-corrected chi connectivity index (χ3v) is 8.19. The van der Waals surface area contributed by atoms with Crippen LogP contribution in [0.5, 0.6) is 0 Å². The number of sulfonamides is 1. The minimum absolute atomic E-state index is 0.00581. The third kappa shape index (κ3) is 10.8. The lowest BCUT2D eigenvalue weighted by atomic mass is 10.00.